The minimum atomic E-state index is 0.153. The average molecular weight is 278 g/mol. The van der Waals surface area contributed by atoms with Crippen molar-refractivity contribution in [3.8, 4) is 5.75 Å². The monoisotopic (exact) mass is 278 g/mol. The normalized spacial score (nSPS) is 12.0. The second kappa shape index (κ2) is 8.59. The number of nitrogens with zero attached hydrogens (tertiary/aromatic N) is 1. The Morgan fingerprint density at radius 1 is 1.40 bits per heavy atom. The maximum absolute atomic E-state index is 12.1. The second-order valence-corrected chi connectivity index (χ2v) is 4.97. The van der Waals surface area contributed by atoms with E-state index in [1.54, 1.807) is 7.11 Å². The summed E-state index contributed by atoms with van der Waals surface area (Å²) in [6.45, 7) is 5.74. The summed E-state index contributed by atoms with van der Waals surface area (Å²) in [5, 5.41) is 3.17. The third kappa shape index (κ3) is 4.85. The predicted molar refractivity (Wildman–Crippen MR) is 82.1 cm³/mol. The fourth-order valence-corrected chi connectivity index (χ4v) is 2.12. The first kappa shape index (κ1) is 16.5. The largest absolute Gasteiger partial charge is 0.496 e. The van der Waals surface area contributed by atoms with Gasteiger partial charge in [-0.1, -0.05) is 25.1 Å². The van der Waals surface area contributed by atoms with Gasteiger partial charge >= 0.3 is 0 Å². The van der Waals surface area contributed by atoms with Crippen LogP contribution in [0.15, 0.2) is 24.3 Å². The van der Waals surface area contributed by atoms with Crippen LogP contribution in [0.4, 0.5) is 0 Å². The quantitative estimate of drug-likeness (QED) is 0.740. The second-order valence-electron chi connectivity index (χ2n) is 4.97. The van der Waals surface area contributed by atoms with Gasteiger partial charge in [0, 0.05) is 26.1 Å². The topological polar surface area (TPSA) is 41.6 Å². The van der Waals surface area contributed by atoms with E-state index in [4.69, 9.17) is 4.74 Å². The number of amides is 1. The molecule has 20 heavy (non-hydrogen) atoms. The van der Waals surface area contributed by atoms with Crippen molar-refractivity contribution < 1.29 is 9.53 Å². The summed E-state index contributed by atoms with van der Waals surface area (Å²) in [6, 6.07) is 8.11. The summed E-state index contributed by atoms with van der Waals surface area (Å²) < 4.78 is 5.35. The molecule has 1 aromatic carbocycles. The Morgan fingerprint density at radius 3 is 2.75 bits per heavy atom. The molecular formula is C16H26N2O2. The molecular weight excluding hydrogens is 252 g/mol. The molecule has 0 saturated carbocycles. The first-order valence-electron chi connectivity index (χ1n) is 7.18. The lowest BCUT2D eigenvalue weighted by atomic mass is 10.0. The Kier molecular flexibility index (Phi) is 7.09. The van der Waals surface area contributed by atoms with Gasteiger partial charge < -0.3 is 15.0 Å². The van der Waals surface area contributed by atoms with E-state index in [0.717, 1.165) is 30.8 Å². The van der Waals surface area contributed by atoms with Crippen molar-refractivity contribution in [2.45, 2.75) is 32.7 Å². The van der Waals surface area contributed by atoms with Crippen LogP contribution in [-0.2, 0) is 11.2 Å². The molecule has 0 aromatic heterocycles. The minimum Gasteiger partial charge on any atom is -0.496 e. The fourth-order valence-electron chi connectivity index (χ4n) is 2.12. The Morgan fingerprint density at radius 2 is 2.10 bits per heavy atom. The highest BCUT2D eigenvalue weighted by atomic mass is 16.5. The van der Waals surface area contributed by atoms with Crippen molar-refractivity contribution in [3.05, 3.63) is 29.8 Å². The van der Waals surface area contributed by atoms with Gasteiger partial charge in [-0.15, -0.1) is 0 Å². The number of likely N-dealkylation sites (N-methyl/N-ethyl adjacent to an activating group) is 1. The molecule has 0 aliphatic rings. The summed E-state index contributed by atoms with van der Waals surface area (Å²) in [6.07, 6.45) is 1.34. The molecule has 1 atom stereocenters. The van der Waals surface area contributed by atoms with Crippen molar-refractivity contribution in [2.24, 2.45) is 0 Å². The van der Waals surface area contributed by atoms with Gasteiger partial charge in [0.1, 0.15) is 5.75 Å². The molecule has 0 fully saturated rings. The molecule has 1 unspecified atom stereocenters. The van der Waals surface area contributed by atoms with Gasteiger partial charge in [-0.2, -0.15) is 0 Å². The molecule has 0 bridgehead atoms. The zero-order chi connectivity index (χ0) is 15.0. The lowest BCUT2D eigenvalue weighted by molar-refractivity contribution is -0.131. The number of ether oxygens (including phenoxy) is 1. The molecule has 1 rings (SSSR count). The molecule has 1 N–H and O–H groups in total. The average Bonchev–Trinajstić information content (AvgIpc) is 2.47. The Hall–Kier alpha value is -1.55. The van der Waals surface area contributed by atoms with Crippen molar-refractivity contribution >= 4 is 5.91 Å². The van der Waals surface area contributed by atoms with E-state index in [9.17, 15) is 4.79 Å². The highest BCUT2D eigenvalue weighted by Crippen LogP contribution is 2.20. The van der Waals surface area contributed by atoms with Crippen molar-refractivity contribution in [1.29, 1.82) is 0 Å². The van der Waals surface area contributed by atoms with Crippen LogP contribution in [0.2, 0.25) is 0 Å². The molecule has 4 heteroatoms. The van der Waals surface area contributed by atoms with Crippen LogP contribution >= 0.6 is 0 Å². The molecule has 0 heterocycles. The molecule has 0 aliphatic carbocycles. The standard InChI is InChI=1S/C16H26N2O2/c1-5-17-11-10-16(19)18(3)13(2)12-14-8-6-7-9-15(14)20-4/h6-9,13,17H,5,10-12H2,1-4H3. The molecule has 0 spiro atoms. The summed E-state index contributed by atoms with van der Waals surface area (Å²) in [5.41, 5.74) is 1.13. The highest BCUT2D eigenvalue weighted by molar-refractivity contribution is 5.76. The van der Waals surface area contributed by atoms with E-state index in [0.29, 0.717) is 6.42 Å². The van der Waals surface area contributed by atoms with E-state index < -0.39 is 0 Å². The number of rotatable bonds is 8. The summed E-state index contributed by atoms with van der Waals surface area (Å²) in [5.74, 6) is 1.06. The number of para-hydroxylation sites is 1. The summed E-state index contributed by atoms with van der Waals surface area (Å²) in [7, 11) is 3.54. The maximum atomic E-state index is 12.1. The van der Waals surface area contributed by atoms with Crippen LogP contribution in [0.5, 0.6) is 5.75 Å². The molecule has 0 saturated heterocycles. The number of carbonyl (C=O) groups excluding carboxylic acids is 1. The summed E-state index contributed by atoms with van der Waals surface area (Å²) >= 11 is 0. The zero-order valence-corrected chi connectivity index (χ0v) is 13.0. The van der Waals surface area contributed by atoms with Crippen molar-refractivity contribution in [3.63, 3.8) is 0 Å². The van der Waals surface area contributed by atoms with E-state index in [1.807, 2.05) is 43.1 Å². The number of hydrogen-bond acceptors (Lipinski definition) is 3. The van der Waals surface area contributed by atoms with Gasteiger partial charge in [-0.3, -0.25) is 4.79 Å². The third-order valence-corrected chi connectivity index (χ3v) is 3.53. The smallest absolute Gasteiger partial charge is 0.223 e. The number of methoxy groups -OCH3 is 1. The molecule has 0 radical (unpaired) electrons. The van der Waals surface area contributed by atoms with Crippen LogP contribution in [-0.4, -0.2) is 44.1 Å². The van der Waals surface area contributed by atoms with Crippen LogP contribution in [0, 0.1) is 0 Å². The van der Waals surface area contributed by atoms with Crippen LogP contribution in [0.3, 0.4) is 0 Å². The number of carbonyl (C=O) groups is 1. The van der Waals surface area contributed by atoms with Crippen LogP contribution in [0.1, 0.15) is 25.8 Å². The fraction of sp³-hybridized carbons (Fsp3) is 0.562. The zero-order valence-electron chi connectivity index (χ0n) is 13.0. The molecule has 1 aromatic rings. The summed E-state index contributed by atoms with van der Waals surface area (Å²) in [4.78, 5) is 13.9. The van der Waals surface area contributed by atoms with Gasteiger partial charge in [0.25, 0.3) is 0 Å². The third-order valence-electron chi connectivity index (χ3n) is 3.53. The number of hydrogen-bond donors (Lipinski definition) is 1. The molecule has 1 amide bonds. The Balaban J connectivity index is 2.56. The lowest BCUT2D eigenvalue weighted by Gasteiger charge is -2.25. The van der Waals surface area contributed by atoms with Gasteiger partial charge in [-0.25, -0.2) is 0 Å². The Bertz CT molecular complexity index is 421. The van der Waals surface area contributed by atoms with Crippen LogP contribution < -0.4 is 10.1 Å². The molecule has 0 aliphatic heterocycles. The minimum absolute atomic E-state index is 0.153. The van der Waals surface area contributed by atoms with Gasteiger partial charge in [-0.05, 0) is 31.5 Å². The van der Waals surface area contributed by atoms with Gasteiger partial charge in [0.2, 0.25) is 5.91 Å². The first-order chi connectivity index (χ1) is 9.60. The maximum Gasteiger partial charge on any atom is 0.223 e. The van der Waals surface area contributed by atoms with Crippen LogP contribution in [0.25, 0.3) is 0 Å². The van der Waals surface area contributed by atoms with E-state index >= 15 is 0 Å². The number of nitrogens with one attached hydrogen (secondary N) is 1. The van der Waals surface area contributed by atoms with Crippen molar-refractivity contribution in [2.75, 3.05) is 27.2 Å². The first-order valence-corrected chi connectivity index (χ1v) is 7.18. The van der Waals surface area contributed by atoms with Crippen molar-refractivity contribution in [1.82, 2.24) is 10.2 Å². The van der Waals surface area contributed by atoms with E-state index in [-0.39, 0.29) is 11.9 Å². The number of benzene rings is 1. The molecule has 112 valence electrons. The highest BCUT2D eigenvalue weighted by Gasteiger charge is 2.17. The molecule has 4 nitrogen and oxygen atoms in total. The lowest BCUT2D eigenvalue weighted by Crippen LogP contribution is -2.37. The van der Waals surface area contributed by atoms with E-state index in [1.165, 1.54) is 0 Å². The SMILES string of the molecule is CCNCCC(=O)N(C)C(C)Cc1ccccc1OC. The van der Waals surface area contributed by atoms with Gasteiger partial charge in [0.15, 0.2) is 0 Å². The van der Waals surface area contributed by atoms with E-state index in [2.05, 4.69) is 12.2 Å². The predicted octanol–water partition coefficient (Wildman–Crippen LogP) is 2.08. The van der Waals surface area contributed by atoms with Gasteiger partial charge in [0.05, 0.1) is 7.11 Å². The Labute approximate surface area is 122 Å².